The van der Waals surface area contributed by atoms with Crippen LogP contribution in [-0.2, 0) is 14.3 Å². The summed E-state index contributed by atoms with van der Waals surface area (Å²) in [5.74, 6) is -0.172. The lowest BCUT2D eigenvalue weighted by atomic mass is 9.99. The first-order valence-corrected chi connectivity index (χ1v) is 25.9. The van der Waals surface area contributed by atoms with E-state index in [-0.39, 0.29) is 12.5 Å². The Morgan fingerprint density at radius 3 is 1.30 bits per heavy atom. The average Bonchev–Trinajstić information content (AvgIpc) is 3.25. The topological polar surface area (TPSA) is 149 Å². The molecule has 2 unspecified atom stereocenters. The van der Waals surface area contributed by atoms with Crippen LogP contribution < -0.4 is 5.32 Å². The molecule has 60 heavy (non-hydrogen) atoms. The number of ether oxygens (including phenoxy) is 2. The third-order valence-corrected chi connectivity index (χ3v) is 12.6. The summed E-state index contributed by atoms with van der Waals surface area (Å²) < 4.78 is 11.2. The molecule has 9 heteroatoms. The molecule has 0 aliphatic carbocycles. The van der Waals surface area contributed by atoms with Crippen molar-refractivity contribution in [1.29, 1.82) is 0 Å². The highest BCUT2D eigenvalue weighted by atomic mass is 16.7. The van der Waals surface area contributed by atoms with Crippen LogP contribution in [-0.4, -0.2) is 87.5 Å². The van der Waals surface area contributed by atoms with Crippen LogP contribution in [0.5, 0.6) is 0 Å². The van der Waals surface area contributed by atoms with E-state index in [0.717, 1.165) is 38.5 Å². The first kappa shape index (κ1) is 56.9. The maximum atomic E-state index is 13.0. The number of rotatable bonds is 44. The Morgan fingerprint density at radius 1 is 0.550 bits per heavy atom. The van der Waals surface area contributed by atoms with Gasteiger partial charge < -0.3 is 40.3 Å². The fraction of sp³-hybridized carbons (Fsp3) is 0.941. The molecule has 1 saturated heterocycles. The minimum atomic E-state index is -1.56. The second kappa shape index (κ2) is 41.9. The monoisotopic (exact) mass is 854 g/mol. The van der Waals surface area contributed by atoms with Crippen molar-refractivity contribution in [2.75, 3.05) is 13.2 Å². The quantitative estimate of drug-likeness (QED) is 0.0262. The highest BCUT2D eigenvalue weighted by Gasteiger charge is 2.44. The van der Waals surface area contributed by atoms with E-state index in [0.29, 0.717) is 6.42 Å². The molecule has 1 aliphatic rings. The number of amides is 1. The Hall–Kier alpha value is -1.07. The molecule has 1 aliphatic heterocycles. The number of hydrogen-bond donors (Lipinski definition) is 6. The van der Waals surface area contributed by atoms with Crippen LogP contribution in [0.25, 0.3) is 0 Å². The summed E-state index contributed by atoms with van der Waals surface area (Å²) in [5, 5.41) is 54.3. The van der Waals surface area contributed by atoms with Crippen LogP contribution in [0.3, 0.4) is 0 Å². The molecule has 7 atom stereocenters. The molecule has 0 saturated carbocycles. The van der Waals surface area contributed by atoms with Gasteiger partial charge in [0.2, 0.25) is 5.91 Å². The maximum absolute atomic E-state index is 13.0. The zero-order chi connectivity index (χ0) is 43.7. The summed E-state index contributed by atoms with van der Waals surface area (Å²) in [4.78, 5) is 13.0. The Morgan fingerprint density at radius 2 is 0.917 bits per heavy atom. The molecule has 1 amide bonds. The number of allylic oxidation sites excluding steroid dienone is 1. The Bertz CT molecular complexity index is 950. The Kier molecular flexibility index (Phi) is 39.8. The van der Waals surface area contributed by atoms with Gasteiger partial charge in [-0.2, -0.15) is 0 Å². The number of nitrogens with one attached hydrogen (secondary N) is 1. The van der Waals surface area contributed by atoms with E-state index < -0.39 is 49.5 Å². The fourth-order valence-corrected chi connectivity index (χ4v) is 8.45. The van der Waals surface area contributed by atoms with Crippen molar-refractivity contribution >= 4 is 5.91 Å². The maximum Gasteiger partial charge on any atom is 0.220 e. The van der Waals surface area contributed by atoms with Gasteiger partial charge in [0.25, 0.3) is 0 Å². The SMILES string of the molecule is CCCCCCCCCCCCC/C=C/[C@@H](O)[C@H](CO[C@@H]1O[C@H](CO)[C@@H](O)C(O)C1O)NC(=O)CCCCCCCCCCCCCCCCCCCCCCCCCC. The molecule has 0 aromatic heterocycles. The van der Waals surface area contributed by atoms with Gasteiger partial charge in [-0.1, -0.05) is 238 Å². The van der Waals surface area contributed by atoms with Crippen molar-refractivity contribution in [3.05, 3.63) is 12.2 Å². The molecule has 1 fully saturated rings. The van der Waals surface area contributed by atoms with E-state index in [4.69, 9.17) is 9.47 Å². The number of unbranched alkanes of at least 4 members (excludes halogenated alkanes) is 34. The minimum absolute atomic E-state index is 0.172. The molecule has 6 N–H and O–H groups in total. The molecular formula is C51H99NO8. The predicted octanol–water partition coefficient (Wildman–Crippen LogP) is 11.7. The van der Waals surface area contributed by atoms with Crippen LogP contribution in [0, 0.1) is 0 Å². The summed E-state index contributed by atoms with van der Waals surface area (Å²) >= 11 is 0. The van der Waals surface area contributed by atoms with Crippen LogP contribution >= 0.6 is 0 Å². The van der Waals surface area contributed by atoms with E-state index in [1.807, 2.05) is 6.08 Å². The molecule has 356 valence electrons. The molecule has 1 heterocycles. The van der Waals surface area contributed by atoms with Crippen LogP contribution in [0.15, 0.2) is 12.2 Å². The second-order valence-electron chi connectivity index (χ2n) is 18.3. The Balaban J connectivity index is 2.22. The highest BCUT2D eigenvalue weighted by Crippen LogP contribution is 2.23. The fourth-order valence-electron chi connectivity index (χ4n) is 8.45. The molecular weight excluding hydrogens is 755 g/mol. The summed E-state index contributed by atoms with van der Waals surface area (Å²) in [7, 11) is 0. The molecule has 0 radical (unpaired) electrons. The van der Waals surface area contributed by atoms with E-state index >= 15 is 0 Å². The average molecular weight is 854 g/mol. The van der Waals surface area contributed by atoms with E-state index in [1.165, 1.54) is 193 Å². The lowest BCUT2D eigenvalue weighted by molar-refractivity contribution is -0.302. The molecule has 0 aromatic carbocycles. The summed E-state index contributed by atoms with van der Waals surface area (Å²) in [5.41, 5.74) is 0. The van der Waals surface area contributed by atoms with E-state index in [1.54, 1.807) is 6.08 Å². The van der Waals surface area contributed by atoms with Crippen LogP contribution in [0.4, 0.5) is 0 Å². The van der Waals surface area contributed by atoms with Crippen molar-refractivity contribution in [3.8, 4) is 0 Å². The normalized spacial score (nSPS) is 20.6. The number of aliphatic hydroxyl groups excluding tert-OH is 5. The predicted molar refractivity (Wildman–Crippen MR) is 249 cm³/mol. The first-order valence-electron chi connectivity index (χ1n) is 25.9. The molecule has 0 spiro atoms. The standard InChI is InChI=1S/C51H99NO8/c1-3-5-7-9-11-13-15-17-18-19-20-21-22-23-24-25-26-27-29-31-33-35-37-39-41-47(55)52-44(43-59-51-50(58)49(57)48(56)46(42-53)60-51)45(54)40-38-36-34-32-30-28-16-14-12-10-8-6-4-2/h38,40,44-46,48-51,53-54,56-58H,3-37,39,41-43H2,1-2H3,(H,52,55)/b40-38+/t44-,45+,46+,48+,49?,50?,51+/m0/s1. The minimum Gasteiger partial charge on any atom is -0.394 e. The molecule has 9 nitrogen and oxygen atoms in total. The Labute approximate surface area is 369 Å². The molecule has 0 bridgehead atoms. The molecule has 1 rings (SSSR count). The van der Waals surface area contributed by atoms with Gasteiger partial charge in [-0.3, -0.25) is 4.79 Å². The number of hydrogen-bond acceptors (Lipinski definition) is 8. The van der Waals surface area contributed by atoms with Crippen LogP contribution in [0.1, 0.15) is 251 Å². The smallest absolute Gasteiger partial charge is 0.220 e. The summed E-state index contributed by atoms with van der Waals surface area (Å²) in [6, 6.07) is -0.798. The van der Waals surface area contributed by atoms with E-state index in [9.17, 15) is 30.3 Å². The van der Waals surface area contributed by atoms with Gasteiger partial charge in [-0.05, 0) is 19.3 Å². The zero-order valence-electron chi connectivity index (χ0n) is 39.2. The third-order valence-electron chi connectivity index (χ3n) is 12.6. The van der Waals surface area contributed by atoms with E-state index in [2.05, 4.69) is 19.2 Å². The van der Waals surface area contributed by atoms with Gasteiger partial charge in [0.1, 0.15) is 24.4 Å². The summed E-state index contributed by atoms with van der Waals surface area (Å²) in [6.45, 7) is 3.79. The first-order chi connectivity index (χ1) is 29.3. The zero-order valence-corrected chi connectivity index (χ0v) is 39.2. The number of carbonyl (C=O) groups excluding carboxylic acids is 1. The second-order valence-corrected chi connectivity index (χ2v) is 18.3. The van der Waals surface area contributed by atoms with Crippen molar-refractivity contribution in [3.63, 3.8) is 0 Å². The lowest BCUT2D eigenvalue weighted by Gasteiger charge is -2.40. The van der Waals surface area contributed by atoms with Crippen molar-refractivity contribution in [2.45, 2.75) is 294 Å². The van der Waals surface area contributed by atoms with Crippen molar-refractivity contribution in [2.24, 2.45) is 0 Å². The van der Waals surface area contributed by atoms with Gasteiger partial charge in [0.05, 0.1) is 25.4 Å². The third kappa shape index (κ3) is 31.7. The van der Waals surface area contributed by atoms with Gasteiger partial charge in [-0.15, -0.1) is 0 Å². The van der Waals surface area contributed by atoms with Crippen molar-refractivity contribution in [1.82, 2.24) is 5.32 Å². The van der Waals surface area contributed by atoms with Crippen molar-refractivity contribution < 1.29 is 39.8 Å². The van der Waals surface area contributed by atoms with Gasteiger partial charge in [0.15, 0.2) is 6.29 Å². The van der Waals surface area contributed by atoms with Crippen LogP contribution in [0.2, 0.25) is 0 Å². The van der Waals surface area contributed by atoms with Gasteiger partial charge in [0, 0.05) is 6.42 Å². The number of carbonyl (C=O) groups is 1. The largest absolute Gasteiger partial charge is 0.394 e. The lowest BCUT2D eigenvalue weighted by Crippen LogP contribution is -2.60. The van der Waals surface area contributed by atoms with Gasteiger partial charge >= 0.3 is 0 Å². The molecule has 0 aromatic rings. The highest BCUT2D eigenvalue weighted by molar-refractivity contribution is 5.76. The van der Waals surface area contributed by atoms with Gasteiger partial charge in [-0.25, -0.2) is 0 Å². The number of aliphatic hydroxyl groups is 5. The summed E-state index contributed by atoms with van der Waals surface area (Å²) in [6.07, 6.45) is 42.7.